The first-order chi connectivity index (χ1) is 14.6. The number of amides is 1. The van der Waals surface area contributed by atoms with Gasteiger partial charge in [0.25, 0.3) is 0 Å². The molecule has 2 aromatic carbocycles. The molecule has 3 aromatic rings. The lowest BCUT2D eigenvalue weighted by Gasteiger charge is -2.48. The van der Waals surface area contributed by atoms with Crippen LogP contribution in [0.2, 0.25) is 0 Å². The Morgan fingerprint density at radius 2 is 1.83 bits per heavy atom. The smallest absolute Gasteiger partial charge is 0.197 e. The van der Waals surface area contributed by atoms with Gasteiger partial charge in [-0.1, -0.05) is 30.3 Å². The molecular formula is C23H21N5O2. The number of nitrogens with zero attached hydrogens (tertiary/aromatic N) is 4. The summed E-state index contributed by atoms with van der Waals surface area (Å²) in [6.45, 7) is 1.65. The van der Waals surface area contributed by atoms with Crippen molar-refractivity contribution in [2.45, 2.75) is 19.5 Å². The SMILES string of the molecule is O=C([O-])N(c1ccc2c(c1)C=NC2)[N+]1(Nc2ccncc2)CCc2ccccc2C1. The van der Waals surface area contributed by atoms with E-state index in [-0.39, 0.29) is 4.70 Å². The summed E-state index contributed by atoms with van der Waals surface area (Å²) in [5.74, 6) is 0. The van der Waals surface area contributed by atoms with E-state index in [0.717, 1.165) is 28.8 Å². The van der Waals surface area contributed by atoms with Crippen LogP contribution in [0.15, 0.2) is 72.0 Å². The van der Waals surface area contributed by atoms with E-state index in [1.54, 1.807) is 18.6 Å². The van der Waals surface area contributed by atoms with Gasteiger partial charge in [0.1, 0.15) is 6.54 Å². The summed E-state index contributed by atoms with van der Waals surface area (Å²) < 4.78 is -0.0146. The normalized spacial score (nSPS) is 19.1. The molecule has 0 aliphatic carbocycles. The van der Waals surface area contributed by atoms with E-state index >= 15 is 0 Å². The molecule has 150 valence electrons. The Balaban J connectivity index is 1.62. The van der Waals surface area contributed by atoms with Gasteiger partial charge < -0.3 is 9.90 Å². The van der Waals surface area contributed by atoms with Gasteiger partial charge in [0.05, 0.1) is 17.9 Å². The van der Waals surface area contributed by atoms with E-state index in [1.165, 1.54) is 10.6 Å². The highest BCUT2D eigenvalue weighted by Gasteiger charge is 2.42. The van der Waals surface area contributed by atoms with Crippen molar-refractivity contribution in [3.05, 3.63) is 89.2 Å². The minimum atomic E-state index is -1.26. The largest absolute Gasteiger partial charge is 0.526 e. The van der Waals surface area contributed by atoms with Crippen LogP contribution in [0.4, 0.5) is 16.2 Å². The standard InChI is InChI=1S/C23H21N5O2/c29-23(30)27(22-6-5-18-14-25-15-20(18)13-22)28(26-21-7-10-24-11-8-21)12-9-17-3-1-2-4-19(17)16-28/h1-8,10-11,13,15H,9,12,14,16H2,(H-,24,26,29,30). The Morgan fingerprint density at radius 1 is 1.03 bits per heavy atom. The topological polar surface area (TPSA) is 80.6 Å². The molecule has 5 rings (SSSR count). The first kappa shape index (κ1) is 18.3. The van der Waals surface area contributed by atoms with Gasteiger partial charge in [-0.25, -0.2) is 5.43 Å². The number of anilines is 2. The van der Waals surface area contributed by atoms with Crippen molar-refractivity contribution in [1.82, 2.24) is 4.98 Å². The Hall–Kier alpha value is -3.71. The van der Waals surface area contributed by atoms with Gasteiger partial charge >= 0.3 is 0 Å². The first-order valence-electron chi connectivity index (χ1n) is 9.91. The van der Waals surface area contributed by atoms with Gasteiger partial charge in [-0.15, -0.1) is 4.70 Å². The number of pyridine rings is 1. The van der Waals surface area contributed by atoms with Crippen LogP contribution >= 0.6 is 0 Å². The second-order valence-corrected chi connectivity index (χ2v) is 7.60. The lowest BCUT2D eigenvalue weighted by molar-refractivity contribution is -0.926. The van der Waals surface area contributed by atoms with Crippen LogP contribution in [0, 0.1) is 0 Å². The number of hydrogen-bond acceptors (Lipinski definition) is 5. The van der Waals surface area contributed by atoms with Crippen molar-refractivity contribution in [1.29, 1.82) is 0 Å². The number of carbonyl (C=O) groups excluding carboxylic acids is 1. The molecule has 1 atom stereocenters. The van der Waals surface area contributed by atoms with Gasteiger partial charge in [0.15, 0.2) is 12.6 Å². The number of aliphatic imine (C=N–C) groups is 1. The summed E-state index contributed by atoms with van der Waals surface area (Å²) in [5.41, 5.74) is 9.18. The molecular weight excluding hydrogens is 378 g/mol. The number of hydrogen-bond donors (Lipinski definition) is 1. The molecule has 0 bridgehead atoms. The minimum absolute atomic E-state index is 0.0146. The van der Waals surface area contributed by atoms with E-state index in [4.69, 9.17) is 0 Å². The van der Waals surface area contributed by atoms with Crippen molar-refractivity contribution in [3.8, 4) is 0 Å². The molecule has 0 saturated carbocycles. The molecule has 7 nitrogen and oxygen atoms in total. The third-order valence-electron chi connectivity index (χ3n) is 5.74. The fraction of sp³-hybridized carbons (Fsp3) is 0.174. The minimum Gasteiger partial charge on any atom is -0.526 e. The van der Waals surface area contributed by atoms with Crippen LogP contribution < -0.4 is 15.5 Å². The maximum absolute atomic E-state index is 12.5. The Bertz CT molecular complexity index is 1130. The van der Waals surface area contributed by atoms with Gasteiger partial charge in [-0.2, -0.15) is 5.01 Å². The molecule has 0 spiro atoms. The highest BCUT2D eigenvalue weighted by atomic mass is 16.4. The molecule has 7 heteroatoms. The average Bonchev–Trinajstić information content (AvgIpc) is 3.22. The van der Waals surface area contributed by atoms with Gasteiger partial charge in [0.2, 0.25) is 0 Å². The summed E-state index contributed by atoms with van der Waals surface area (Å²) in [6.07, 6.45) is 4.65. The van der Waals surface area contributed by atoms with Gasteiger partial charge in [0, 0.05) is 30.6 Å². The van der Waals surface area contributed by atoms with Crippen molar-refractivity contribution < 1.29 is 14.6 Å². The fourth-order valence-corrected chi connectivity index (χ4v) is 4.31. The van der Waals surface area contributed by atoms with Crippen LogP contribution in [-0.4, -0.2) is 28.5 Å². The number of nitrogens with one attached hydrogen (secondary N) is 1. The van der Waals surface area contributed by atoms with Crippen molar-refractivity contribution in [2.24, 2.45) is 4.99 Å². The second kappa shape index (κ2) is 7.27. The fourth-order valence-electron chi connectivity index (χ4n) is 4.31. The van der Waals surface area contributed by atoms with Crippen LogP contribution in [0.1, 0.15) is 22.3 Å². The van der Waals surface area contributed by atoms with Crippen molar-refractivity contribution in [2.75, 3.05) is 17.0 Å². The maximum atomic E-state index is 12.5. The molecule has 1 amide bonds. The molecule has 0 fully saturated rings. The number of quaternary nitrogens is 1. The molecule has 1 unspecified atom stereocenters. The molecule has 1 N–H and O–H groups in total. The van der Waals surface area contributed by atoms with Crippen LogP contribution in [-0.2, 0) is 19.5 Å². The summed E-state index contributed by atoms with van der Waals surface area (Å²) in [5, 5.41) is 13.8. The molecule has 2 aliphatic heterocycles. The zero-order valence-corrected chi connectivity index (χ0v) is 16.4. The van der Waals surface area contributed by atoms with E-state index in [1.807, 2.05) is 42.5 Å². The van der Waals surface area contributed by atoms with Crippen LogP contribution in [0.3, 0.4) is 0 Å². The number of benzene rings is 2. The van der Waals surface area contributed by atoms with E-state index in [0.29, 0.717) is 25.3 Å². The first-order valence-corrected chi connectivity index (χ1v) is 9.91. The van der Waals surface area contributed by atoms with Gasteiger partial charge in [-0.3, -0.25) is 9.98 Å². The predicted octanol–water partition coefficient (Wildman–Crippen LogP) is 2.68. The number of carboxylic acid groups (broad SMARTS) is 1. The van der Waals surface area contributed by atoms with Crippen molar-refractivity contribution >= 4 is 23.7 Å². The summed E-state index contributed by atoms with van der Waals surface area (Å²) in [7, 11) is 0. The second-order valence-electron chi connectivity index (χ2n) is 7.60. The Morgan fingerprint density at radius 3 is 2.63 bits per heavy atom. The summed E-state index contributed by atoms with van der Waals surface area (Å²) in [4.78, 5) is 20.9. The number of carbonyl (C=O) groups is 1. The zero-order valence-electron chi connectivity index (χ0n) is 16.4. The van der Waals surface area contributed by atoms with E-state index in [2.05, 4.69) is 27.5 Å². The molecule has 0 radical (unpaired) electrons. The average molecular weight is 399 g/mol. The lowest BCUT2D eigenvalue weighted by atomic mass is 10.00. The number of aromatic nitrogens is 1. The van der Waals surface area contributed by atoms with E-state index < -0.39 is 6.09 Å². The van der Waals surface area contributed by atoms with Gasteiger partial charge in [-0.05, 0) is 41.0 Å². The third-order valence-corrected chi connectivity index (χ3v) is 5.74. The Kier molecular flexibility index (Phi) is 4.44. The quantitative estimate of drug-likeness (QED) is 0.684. The summed E-state index contributed by atoms with van der Waals surface area (Å²) >= 11 is 0. The zero-order chi connectivity index (χ0) is 20.6. The molecule has 30 heavy (non-hydrogen) atoms. The maximum Gasteiger partial charge on any atom is 0.197 e. The predicted molar refractivity (Wildman–Crippen MR) is 112 cm³/mol. The molecule has 1 aromatic heterocycles. The van der Waals surface area contributed by atoms with Crippen molar-refractivity contribution in [3.63, 3.8) is 0 Å². The third kappa shape index (κ3) is 3.19. The lowest BCUT2D eigenvalue weighted by Crippen LogP contribution is -2.69. The van der Waals surface area contributed by atoms with Crippen LogP contribution in [0.25, 0.3) is 0 Å². The van der Waals surface area contributed by atoms with Crippen LogP contribution in [0.5, 0.6) is 0 Å². The Labute approximate surface area is 174 Å². The number of rotatable bonds is 4. The number of fused-ring (bicyclic) bond motifs is 2. The van der Waals surface area contributed by atoms with E-state index in [9.17, 15) is 9.90 Å². The summed E-state index contributed by atoms with van der Waals surface area (Å²) in [6, 6.07) is 17.5. The highest BCUT2D eigenvalue weighted by Crippen LogP contribution is 2.33. The molecule has 0 saturated heterocycles. The monoisotopic (exact) mass is 399 g/mol. The molecule has 3 heterocycles. The molecule has 2 aliphatic rings. The highest BCUT2D eigenvalue weighted by molar-refractivity contribution is 5.89.